The van der Waals surface area contributed by atoms with Gasteiger partial charge < -0.3 is 10.1 Å². The molecule has 0 unspecified atom stereocenters. The molecule has 2 aromatic heterocycles. The fraction of sp³-hybridized carbons (Fsp3) is 0.294. The second kappa shape index (κ2) is 7.66. The number of ether oxygens (including phenoxy) is 1. The molecule has 1 N–H and O–H groups in total. The Kier molecular flexibility index (Phi) is 5.45. The Morgan fingerprint density at radius 3 is 2.64 bits per heavy atom. The molecule has 0 aliphatic heterocycles. The topological polar surface area (TPSA) is 81.4 Å². The van der Waals surface area contributed by atoms with Gasteiger partial charge in [0.25, 0.3) is 5.78 Å². The van der Waals surface area contributed by atoms with Crippen molar-refractivity contribution in [1.82, 2.24) is 19.6 Å². The normalized spacial score (nSPS) is 11.6. The number of halogens is 3. The first kappa shape index (κ1) is 19.9. The molecule has 1 amide bonds. The monoisotopic (exact) mass is 411 g/mol. The minimum absolute atomic E-state index is 0.0698. The molecule has 148 valence electrons. The van der Waals surface area contributed by atoms with Crippen molar-refractivity contribution >= 4 is 29.1 Å². The highest BCUT2D eigenvalue weighted by Gasteiger charge is 2.32. The van der Waals surface area contributed by atoms with Crippen LogP contribution in [0.15, 0.2) is 29.4 Å². The van der Waals surface area contributed by atoms with Gasteiger partial charge in [-0.15, -0.1) is 18.3 Å². The summed E-state index contributed by atoms with van der Waals surface area (Å²) in [5.74, 6) is -0.561. The second-order valence-corrected chi connectivity index (χ2v) is 6.61. The summed E-state index contributed by atoms with van der Waals surface area (Å²) in [6.45, 7) is 3.52. The van der Waals surface area contributed by atoms with E-state index in [4.69, 9.17) is 0 Å². The number of hydrogen-bond acceptors (Lipinski definition) is 6. The summed E-state index contributed by atoms with van der Waals surface area (Å²) in [4.78, 5) is 21.1. The molecule has 3 rings (SSSR count). The fourth-order valence-corrected chi connectivity index (χ4v) is 3.01. The van der Waals surface area contributed by atoms with E-state index < -0.39 is 18.0 Å². The number of aryl methyl sites for hydroxylation is 2. The van der Waals surface area contributed by atoms with Crippen molar-refractivity contribution in [3.05, 3.63) is 41.2 Å². The first-order chi connectivity index (χ1) is 13.2. The molecule has 0 spiro atoms. The molecule has 0 saturated carbocycles. The van der Waals surface area contributed by atoms with Gasteiger partial charge in [-0.1, -0.05) is 23.9 Å². The maximum atomic E-state index is 12.5. The van der Waals surface area contributed by atoms with E-state index in [1.54, 1.807) is 18.4 Å². The lowest BCUT2D eigenvalue weighted by Gasteiger charge is -2.14. The largest absolute Gasteiger partial charge is 0.573 e. The van der Waals surface area contributed by atoms with Crippen LogP contribution >= 0.6 is 11.8 Å². The highest BCUT2D eigenvalue weighted by Crippen LogP contribution is 2.30. The van der Waals surface area contributed by atoms with E-state index in [0.717, 1.165) is 6.07 Å². The Bertz CT molecular complexity index is 1040. The molecule has 0 radical (unpaired) electrons. The van der Waals surface area contributed by atoms with Gasteiger partial charge in [0, 0.05) is 17.0 Å². The quantitative estimate of drug-likeness (QED) is 0.647. The van der Waals surface area contributed by atoms with E-state index in [1.807, 2.05) is 6.26 Å². The number of hydrogen-bond donors (Lipinski definition) is 1. The van der Waals surface area contributed by atoms with Crippen LogP contribution in [0.1, 0.15) is 17.0 Å². The van der Waals surface area contributed by atoms with E-state index >= 15 is 0 Å². The summed E-state index contributed by atoms with van der Waals surface area (Å²) in [6.07, 6.45) is -3.10. The van der Waals surface area contributed by atoms with Gasteiger partial charge in [0.05, 0.1) is 12.1 Å². The average Bonchev–Trinajstić information content (AvgIpc) is 3.02. The Balaban J connectivity index is 1.84. The SMILES string of the molecule is CSc1nc2nc(C)c(CC(=O)Nc3ccccc3OC(F)(F)F)c(C)n2n1. The van der Waals surface area contributed by atoms with Crippen molar-refractivity contribution in [1.29, 1.82) is 0 Å². The molecule has 3 aromatic rings. The summed E-state index contributed by atoms with van der Waals surface area (Å²) in [5, 5.41) is 7.32. The van der Waals surface area contributed by atoms with Crippen LogP contribution in [-0.2, 0) is 11.2 Å². The molecule has 0 saturated heterocycles. The number of fused-ring (bicyclic) bond motifs is 1. The Labute approximate surface area is 162 Å². The molecule has 11 heteroatoms. The van der Waals surface area contributed by atoms with Gasteiger partial charge in [0.1, 0.15) is 0 Å². The number of anilines is 1. The maximum absolute atomic E-state index is 12.5. The summed E-state index contributed by atoms with van der Waals surface area (Å²) >= 11 is 1.37. The predicted molar refractivity (Wildman–Crippen MR) is 97.5 cm³/mol. The number of para-hydroxylation sites is 2. The highest BCUT2D eigenvalue weighted by molar-refractivity contribution is 7.98. The van der Waals surface area contributed by atoms with Crippen molar-refractivity contribution in [2.75, 3.05) is 11.6 Å². The molecule has 28 heavy (non-hydrogen) atoms. The molecule has 0 atom stereocenters. The van der Waals surface area contributed by atoms with Crippen LogP contribution in [0.5, 0.6) is 5.75 Å². The van der Waals surface area contributed by atoms with Gasteiger partial charge >= 0.3 is 6.36 Å². The third-order valence-corrected chi connectivity index (χ3v) is 4.47. The first-order valence-corrected chi connectivity index (χ1v) is 9.32. The van der Waals surface area contributed by atoms with Crippen LogP contribution in [0, 0.1) is 13.8 Å². The van der Waals surface area contributed by atoms with Crippen molar-refractivity contribution in [3.63, 3.8) is 0 Å². The van der Waals surface area contributed by atoms with Gasteiger partial charge in [-0.2, -0.15) is 4.98 Å². The van der Waals surface area contributed by atoms with Gasteiger partial charge in [-0.05, 0) is 32.2 Å². The molecule has 0 fully saturated rings. The molecule has 2 heterocycles. The van der Waals surface area contributed by atoms with Crippen LogP contribution in [0.2, 0.25) is 0 Å². The molecule has 0 aliphatic rings. The maximum Gasteiger partial charge on any atom is 0.573 e. The zero-order valence-electron chi connectivity index (χ0n) is 15.2. The van der Waals surface area contributed by atoms with Crippen molar-refractivity contribution < 1.29 is 22.7 Å². The minimum Gasteiger partial charge on any atom is -0.404 e. The predicted octanol–water partition coefficient (Wildman–Crippen LogP) is 3.54. The van der Waals surface area contributed by atoms with E-state index in [9.17, 15) is 18.0 Å². The Hall–Kier alpha value is -2.82. The Morgan fingerprint density at radius 1 is 1.25 bits per heavy atom. The van der Waals surface area contributed by atoms with Gasteiger partial charge in [0.15, 0.2) is 5.75 Å². The third kappa shape index (κ3) is 4.35. The number of nitrogens with zero attached hydrogens (tertiary/aromatic N) is 4. The van der Waals surface area contributed by atoms with Gasteiger partial charge in [-0.25, -0.2) is 9.50 Å². The molecular formula is C17H16F3N5O2S. The smallest absolute Gasteiger partial charge is 0.404 e. The number of rotatable bonds is 5. The number of aromatic nitrogens is 4. The van der Waals surface area contributed by atoms with Gasteiger partial charge in [-0.3, -0.25) is 4.79 Å². The number of amides is 1. The number of thioether (sulfide) groups is 1. The molecule has 0 aliphatic carbocycles. The highest BCUT2D eigenvalue weighted by atomic mass is 32.2. The van der Waals surface area contributed by atoms with Crippen LogP contribution in [0.25, 0.3) is 5.78 Å². The standard InChI is InChI=1S/C17H16F3N5O2S/c1-9-11(10(2)25-15(21-9)23-16(24-25)28-3)8-14(26)22-12-6-4-5-7-13(12)27-17(18,19)20/h4-7H,8H2,1-3H3,(H,22,26). The lowest BCUT2D eigenvalue weighted by atomic mass is 10.1. The second-order valence-electron chi connectivity index (χ2n) is 5.84. The van der Waals surface area contributed by atoms with E-state index in [-0.39, 0.29) is 12.1 Å². The van der Waals surface area contributed by atoms with E-state index in [0.29, 0.717) is 27.9 Å². The first-order valence-electron chi connectivity index (χ1n) is 8.09. The summed E-state index contributed by atoms with van der Waals surface area (Å²) in [6, 6.07) is 5.36. The summed E-state index contributed by atoms with van der Waals surface area (Å²) in [5.41, 5.74) is 1.83. The average molecular weight is 411 g/mol. The zero-order chi connectivity index (χ0) is 20.5. The number of benzene rings is 1. The molecule has 7 nitrogen and oxygen atoms in total. The van der Waals surface area contributed by atoms with E-state index in [1.165, 1.54) is 30.0 Å². The van der Waals surface area contributed by atoms with Crippen molar-refractivity contribution in [3.8, 4) is 5.75 Å². The van der Waals surface area contributed by atoms with Crippen LogP contribution in [0.4, 0.5) is 18.9 Å². The summed E-state index contributed by atoms with van der Waals surface area (Å²) < 4.78 is 43.1. The molecule has 1 aromatic carbocycles. The summed E-state index contributed by atoms with van der Waals surface area (Å²) in [7, 11) is 0. The lowest BCUT2D eigenvalue weighted by Crippen LogP contribution is -2.21. The Morgan fingerprint density at radius 2 is 1.96 bits per heavy atom. The molecule has 0 bridgehead atoms. The van der Waals surface area contributed by atoms with Crippen molar-refractivity contribution in [2.45, 2.75) is 31.8 Å². The molecular weight excluding hydrogens is 395 g/mol. The fourth-order valence-electron chi connectivity index (χ4n) is 2.67. The number of nitrogens with one attached hydrogen (secondary N) is 1. The number of carbonyl (C=O) groups is 1. The minimum atomic E-state index is -4.86. The third-order valence-electron chi connectivity index (χ3n) is 3.94. The van der Waals surface area contributed by atoms with Crippen LogP contribution < -0.4 is 10.1 Å². The van der Waals surface area contributed by atoms with Gasteiger partial charge in [0.2, 0.25) is 11.1 Å². The number of carbonyl (C=O) groups excluding carboxylic acids is 1. The lowest BCUT2D eigenvalue weighted by molar-refractivity contribution is -0.274. The number of alkyl halides is 3. The van der Waals surface area contributed by atoms with Crippen LogP contribution in [0.3, 0.4) is 0 Å². The zero-order valence-corrected chi connectivity index (χ0v) is 16.0. The van der Waals surface area contributed by atoms with E-state index in [2.05, 4.69) is 25.1 Å². The van der Waals surface area contributed by atoms with Crippen molar-refractivity contribution in [2.24, 2.45) is 0 Å². The van der Waals surface area contributed by atoms with Crippen LogP contribution in [-0.4, -0.2) is 38.1 Å².